The number of aromatic nitrogens is 3. The summed E-state index contributed by atoms with van der Waals surface area (Å²) in [5.41, 5.74) is 7.45. The molecule has 0 aliphatic carbocycles. The van der Waals surface area contributed by atoms with Crippen LogP contribution in [0.5, 0.6) is 11.5 Å². The Morgan fingerprint density at radius 1 is 1.14 bits per heavy atom. The summed E-state index contributed by atoms with van der Waals surface area (Å²) in [6.07, 6.45) is 0. The molecule has 2 N–H and O–H groups in total. The van der Waals surface area contributed by atoms with Gasteiger partial charge in [0.2, 0.25) is 0 Å². The number of hydrogen-bond acceptors (Lipinski definition) is 5. The third-order valence-electron chi connectivity index (χ3n) is 3.16. The van der Waals surface area contributed by atoms with Crippen LogP contribution in [0.4, 0.5) is 0 Å². The Balaban J connectivity index is 2.05. The molecule has 120 valence electrons. The van der Waals surface area contributed by atoms with Gasteiger partial charge in [0, 0.05) is 13.1 Å². The predicted molar refractivity (Wildman–Crippen MR) is 84.7 cm³/mol. The molecule has 0 saturated carbocycles. The number of nitrogens with zero attached hydrogens (tertiary/aromatic N) is 3. The van der Waals surface area contributed by atoms with E-state index in [-0.39, 0.29) is 0 Å². The van der Waals surface area contributed by atoms with E-state index in [1.807, 2.05) is 35.9 Å². The van der Waals surface area contributed by atoms with Gasteiger partial charge < -0.3 is 15.2 Å². The van der Waals surface area contributed by atoms with Gasteiger partial charge in [-0.25, -0.2) is 4.68 Å². The van der Waals surface area contributed by atoms with Crippen molar-refractivity contribution in [1.29, 1.82) is 0 Å². The zero-order chi connectivity index (χ0) is 15.9. The molecule has 0 spiro atoms. The minimum Gasteiger partial charge on any atom is -0.494 e. The molecule has 6 heteroatoms. The van der Waals surface area contributed by atoms with Gasteiger partial charge >= 0.3 is 0 Å². The van der Waals surface area contributed by atoms with Crippen LogP contribution in [0.3, 0.4) is 0 Å². The topological polar surface area (TPSA) is 75.2 Å². The second kappa shape index (κ2) is 7.79. The first-order chi connectivity index (χ1) is 10.6. The maximum Gasteiger partial charge on any atom is 0.132 e. The highest BCUT2D eigenvalue weighted by atomic mass is 16.5. The molecule has 22 heavy (non-hydrogen) atoms. The van der Waals surface area contributed by atoms with Gasteiger partial charge in [-0.15, -0.1) is 5.10 Å². The summed E-state index contributed by atoms with van der Waals surface area (Å²) in [7, 11) is 0. The lowest BCUT2D eigenvalue weighted by Gasteiger charge is -2.11. The smallest absolute Gasteiger partial charge is 0.132 e. The highest BCUT2D eigenvalue weighted by Gasteiger charge is 2.13. The Hall–Kier alpha value is -2.08. The van der Waals surface area contributed by atoms with Gasteiger partial charge in [0.15, 0.2) is 0 Å². The molecule has 2 aromatic rings. The van der Waals surface area contributed by atoms with Crippen molar-refractivity contribution in [2.24, 2.45) is 11.7 Å². The summed E-state index contributed by atoms with van der Waals surface area (Å²) >= 11 is 0. The number of hydrogen-bond donors (Lipinski definition) is 1. The van der Waals surface area contributed by atoms with Crippen LogP contribution in [0.2, 0.25) is 0 Å². The standard InChI is InChI=1S/C16H24N4O2/c1-4-21-13-5-7-14(8-6-13)22-11-16-15(9-17)18-19-20(16)10-12(2)3/h5-8,12H,4,9-11,17H2,1-3H3. The second-order valence-corrected chi connectivity index (χ2v) is 5.46. The van der Waals surface area contributed by atoms with Crippen LogP contribution in [0.15, 0.2) is 24.3 Å². The lowest BCUT2D eigenvalue weighted by Crippen LogP contribution is -2.13. The zero-order valence-corrected chi connectivity index (χ0v) is 13.5. The Labute approximate surface area is 131 Å². The van der Waals surface area contributed by atoms with E-state index in [1.54, 1.807) is 0 Å². The monoisotopic (exact) mass is 304 g/mol. The normalized spacial score (nSPS) is 11.0. The average molecular weight is 304 g/mol. The molecular weight excluding hydrogens is 280 g/mol. The molecule has 0 unspecified atom stereocenters. The van der Waals surface area contributed by atoms with Gasteiger partial charge in [-0.3, -0.25) is 0 Å². The van der Waals surface area contributed by atoms with E-state index in [0.29, 0.717) is 25.7 Å². The van der Waals surface area contributed by atoms with Crippen LogP contribution in [0.1, 0.15) is 32.2 Å². The van der Waals surface area contributed by atoms with Crippen molar-refractivity contribution in [3.8, 4) is 11.5 Å². The largest absolute Gasteiger partial charge is 0.494 e. The van der Waals surface area contributed by atoms with Crippen molar-refractivity contribution in [2.45, 2.75) is 40.5 Å². The maximum absolute atomic E-state index is 5.84. The highest BCUT2D eigenvalue weighted by molar-refractivity contribution is 5.31. The van der Waals surface area contributed by atoms with E-state index in [2.05, 4.69) is 24.2 Å². The highest BCUT2D eigenvalue weighted by Crippen LogP contribution is 2.19. The van der Waals surface area contributed by atoms with Crippen LogP contribution in [0, 0.1) is 5.92 Å². The van der Waals surface area contributed by atoms with E-state index < -0.39 is 0 Å². The quantitative estimate of drug-likeness (QED) is 0.810. The Morgan fingerprint density at radius 3 is 2.32 bits per heavy atom. The fourth-order valence-electron chi connectivity index (χ4n) is 2.13. The summed E-state index contributed by atoms with van der Waals surface area (Å²) in [5.74, 6) is 2.10. The van der Waals surface area contributed by atoms with Crippen molar-refractivity contribution in [1.82, 2.24) is 15.0 Å². The molecule has 1 aromatic carbocycles. The first kappa shape index (κ1) is 16.3. The van der Waals surface area contributed by atoms with Crippen LogP contribution in [-0.2, 0) is 19.7 Å². The second-order valence-electron chi connectivity index (χ2n) is 5.46. The molecule has 0 amide bonds. The van der Waals surface area contributed by atoms with Gasteiger partial charge in [-0.2, -0.15) is 0 Å². The first-order valence-electron chi connectivity index (χ1n) is 7.61. The van der Waals surface area contributed by atoms with Crippen molar-refractivity contribution in [2.75, 3.05) is 6.61 Å². The van der Waals surface area contributed by atoms with E-state index >= 15 is 0 Å². The molecule has 6 nitrogen and oxygen atoms in total. The van der Waals surface area contributed by atoms with E-state index in [0.717, 1.165) is 29.4 Å². The number of rotatable bonds is 8. The molecule has 0 saturated heterocycles. The van der Waals surface area contributed by atoms with Crippen molar-refractivity contribution in [3.63, 3.8) is 0 Å². The van der Waals surface area contributed by atoms with Crippen molar-refractivity contribution < 1.29 is 9.47 Å². The molecule has 0 aliphatic heterocycles. The number of nitrogens with two attached hydrogens (primary N) is 1. The summed E-state index contributed by atoms with van der Waals surface area (Å²) < 4.78 is 13.1. The lowest BCUT2D eigenvalue weighted by atomic mass is 10.2. The van der Waals surface area contributed by atoms with E-state index in [4.69, 9.17) is 15.2 Å². The number of benzene rings is 1. The molecule has 0 aliphatic rings. The predicted octanol–water partition coefficient (Wildman–Crippen LogP) is 2.37. The van der Waals surface area contributed by atoms with E-state index in [9.17, 15) is 0 Å². The van der Waals surface area contributed by atoms with Gasteiger partial charge in [-0.05, 0) is 37.1 Å². The summed E-state index contributed by atoms with van der Waals surface area (Å²) in [4.78, 5) is 0. The first-order valence-corrected chi connectivity index (χ1v) is 7.61. The minimum absolute atomic E-state index is 0.361. The summed E-state index contributed by atoms with van der Waals surface area (Å²) in [6.45, 7) is 8.46. The van der Waals surface area contributed by atoms with Crippen LogP contribution < -0.4 is 15.2 Å². The molecule has 0 bridgehead atoms. The van der Waals surface area contributed by atoms with Gasteiger partial charge in [0.05, 0.1) is 6.61 Å². The molecular formula is C16H24N4O2. The van der Waals surface area contributed by atoms with Crippen LogP contribution in [0.25, 0.3) is 0 Å². The minimum atomic E-state index is 0.361. The third kappa shape index (κ3) is 4.21. The molecule has 0 atom stereocenters. The van der Waals surface area contributed by atoms with Crippen LogP contribution >= 0.6 is 0 Å². The SMILES string of the molecule is CCOc1ccc(OCc2c(CN)nnn2CC(C)C)cc1. The number of ether oxygens (including phenoxy) is 2. The molecule has 1 aromatic heterocycles. The van der Waals surface area contributed by atoms with Crippen molar-refractivity contribution in [3.05, 3.63) is 35.7 Å². The molecule has 1 heterocycles. The zero-order valence-electron chi connectivity index (χ0n) is 13.5. The Morgan fingerprint density at radius 2 is 1.77 bits per heavy atom. The van der Waals surface area contributed by atoms with Crippen LogP contribution in [-0.4, -0.2) is 21.6 Å². The van der Waals surface area contributed by atoms with Crippen molar-refractivity contribution >= 4 is 0 Å². The molecule has 0 fully saturated rings. The summed E-state index contributed by atoms with van der Waals surface area (Å²) in [6, 6.07) is 7.58. The Kier molecular flexibility index (Phi) is 5.77. The van der Waals surface area contributed by atoms with Gasteiger partial charge in [0.25, 0.3) is 0 Å². The molecule has 0 radical (unpaired) electrons. The van der Waals surface area contributed by atoms with E-state index in [1.165, 1.54) is 0 Å². The lowest BCUT2D eigenvalue weighted by molar-refractivity contribution is 0.285. The van der Waals surface area contributed by atoms with Gasteiger partial charge in [0.1, 0.15) is 29.5 Å². The average Bonchev–Trinajstić information content (AvgIpc) is 2.88. The Bertz CT molecular complexity index is 578. The fourth-order valence-corrected chi connectivity index (χ4v) is 2.13. The summed E-state index contributed by atoms with van der Waals surface area (Å²) in [5, 5.41) is 8.29. The third-order valence-corrected chi connectivity index (χ3v) is 3.16. The molecule has 2 rings (SSSR count). The fraction of sp³-hybridized carbons (Fsp3) is 0.500. The van der Waals surface area contributed by atoms with Gasteiger partial charge in [-0.1, -0.05) is 19.1 Å². The maximum atomic E-state index is 5.84.